The molecule has 0 aromatic carbocycles. The monoisotopic (exact) mass is 332 g/mol. The lowest BCUT2D eigenvalue weighted by Gasteiger charge is -2.51. The Bertz CT molecular complexity index is 628. The Balaban J connectivity index is 2.33. The second kappa shape index (κ2) is 6.67. The third-order valence-corrected chi connectivity index (χ3v) is 5.91. The molecule has 24 heavy (non-hydrogen) atoms. The van der Waals surface area contributed by atoms with Crippen LogP contribution in [0.3, 0.4) is 0 Å². The number of carbonyl (C=O) groups is 2. The molecule has 4 nitrogen and oxygen atoms in total. The van der Waals surface area contributed by atoms with E-state index in [0.717, 1.165) is 11.1 Å². The molecule has 4 heteroatoms. The van der Waals surface area contributed by atoms with Crippen LogP contribution in [0.1, 0.15) is 47.5 Å². The molecule has 1 N–H and O–H groups in total. The third-order valence-electron chi connectivity index (χ3n) is 5.91. The van der Waals surface area contributed by atoms with Crippen molar-refractivity contribution in [2.75, 3.05) is 0 Å². The van der Waals surface area contributed by atoms with Gasteiger partial charge in [0.1, 0.15) is 6.10 Å². The van der Waals surface area contributed by atoms with Crippen LogP contribution in [0.15, 0.2) is 35.5 Å². The van der Waals surface area contributed by atoms with Crippen molar-refractivity contribution in [3.63, 3.8) is 0 Å². The summed E-state index contributed by atoms with van der Waals surface area (Å²) in [6.45, 7) is 13.4. The number of hydrogen-bond acceptors (Lipinski definition) is 4. The summed E-state index contributed by atoms with van der Waals surface area (Å²) in [4.78, 5) is 24.5. The van der Waals surface area contributed by atoms with E-state index in [0.29, 0.717) is 18.4 Å². The van der Waals surface area contributed by atoms with Crippen molar-refractivity contribution in [1.82, 2.24) is 0 Å². The van der Waals surface area contributed by atoms with Crippen LogP contribution in [0.25, 0.3) is 0 Å². The molecule has 0 aromatic rings. The van der Waals surface area contributed by atoms with Crippen LogP contribution in [-0.4, -0.2) is 29.1 Å². The van der Waals surface area contributed by atoms with Gasteiger partial charge in [-0.05, 0) is 44.3 Å². The smallest absolute Gasteiger partial charge is 0.333 e. The predicted octanol–water partition coefficient (Wildman–Crippen LogP) is 3.36. The normalized spacial score (nSPS) is 36.7. The summed E-state index contributed by atoms with van der Waals surface area (Å²) < 4.78 is 5.66. The Labute approximate surface area is 144 Å². The van der Waals surface area contributed by atoms with Gasteiger partial charge in [0.2, 0.25) is 0 Å². The molecule has 1 saturated carbocycles. The largest absolute Gasteiger partial charge is 0.459 e. The second-order valence-electron chi connectivity index (χ2n) is 7.48. The first kappa shape index (κ1) is 18.7. The summed E-state index contributed by atoms with van der Waals surface area (Å²) in [7, 11) is 0. The molecule has 0 unspecified atom stereocenters. The van der Waals surface area contributed by atoms with E-state index < -0.39 is 6.10 Å². The van der Waals surface area contributed by atoms with Gasteiger partial charge in [-0.2, -0.15) is 0 Å². The molecular weight excluding hydrogens is 304 g/mol. The van der Waals surface area contributed by atoms with Gasteiger partial charge < -0.3 is 9.84 Å². The van der Waals surface area contributed by atoms with Gasteiger partial charge in [-0.3, -0.25) is 4.79 Å². The Morgan fingerprint density at radius 1 is 1.46 bits per heavy atom. The molecule has 0 saturated heterocycles. The molecule has 0 bridgehead atoms. The van der Waals surface area contributed by atoms with E-state index in [4.69, 9.17) is 4.74 Å². The molecule has 0 aliphatic heterocycles. The van der Waals surface area contributed by atoms with Crippen molar-refractivity contribution in [2.45, 2.75) is 59.7 Å². The van der Waals surface area contributed by atoms with Gasteiger partial charge in [0.25, 0.3) is 0 Å². The van der Waals surface area contributed by atoms with Crippen LogP contribution in [-0.2, 0) is 14.3 Å². The molecule has 1 fully saturated rings. The van der Waals surface area contributed by atoms with Crippen LogP contribution in [0.4, 0.5) is 0 Å². The van der Waals surface area contributed by atoms with Crippen LogP contribution in [0, 0.1) is 17.3 Å². The Kier molecular flexibility index (Phi) is 5.19. The number of ketones is 1. The van der Waals surface area contributed by atoms with E-state index in [9.17, 15) is 14.7 Å². The van der Waals surface area contributed by atoms with Crippen LogP contribution < -0.4 is 0 Å². The summed E-state index contributed by atoms with van der Waals surface area (Å²) in [6.07, 6.45) is 3.11. The maximum atomic E-state index is 12.3. The summed E-state index contributed by atoms with van der Waals surface area (Å²) in [5, 5.41) is 10.6. The number of rotatable bonds is 3. The number of hydrogen-bond donors (Lipinski definition) is 1. The molecule has 0 heterocycles. The fourth-order valence-corrected chi connectivity index (χ4v) is 3.86. The predicted molar refractivity (Wildman–Crippen MR) is 93.2 cm³/mol. The zero-order valence-electron chi connectivity index (χ0n) is 15.3. The van der Waals surface area contributed by atoms with Gasteiger partial charge in [0.05, 0.1) is 6.10 Å². The van der Waals surface area contributed by atoms with Crippen LogP contribution >= 0.6 is 0 Å². The van der Waals surface area contributed by atoms with Gasteiger partial charge >= 0.3 is 5.97 Å². The number of allylic oxidation sites excluding steroid dienone is 3. The first-order valence-corrected chi connectivity index (χ1v) is 8.55. The highest BCUT2D eigenvalue weighted by molar-refractivity contribution is 5.95. The molecular formula is C20H28O4. The standard InChI is InChI=1S/C20H28O4/c1-7-12(4)19(23)24-18-9-17(22)15-8-16(21)14(11(2)3)10-20(15,6)13(18)5/h7-8,13-14,17-18,22H,2,9-10H2,1,3-6H3/b12-7-/t13-,14-,17+,18+,20+/m0/s1. The van der Waals surface area contributed by atoms with Crippen molar-refractivity contribution < 1.29 is 19.4 Å². The van der Waals surface area contributed by atoms with Gasteiger partial charge in [-0.15, -0.1) is 0 Å². The molecule has 0 aromatic heterocycles. The number of carbonyl (C=O) groups excluding carboxylic acids is 2. The van der Waals surface area contributed by atoms with Crippen molar-refractivity contribution >= 4 is 11.8 Å². The highest BCUT2D eigenvalue weighted by Gasteiger charge is 2.52. The minimum atomic E-state index is -0.759. The van der Waals surface area contributed by atoms with Gasteiger partial charge in [-0.25, -0.2) is 4.79 Å². The molecule has 0 radical (unpaired) electrons. The lowest BCUT2D eigenvalue weighted by atomic mass is 9.56. The summed E-state index contributed by atoms with van der Waals surface area (Å²) in [5.41, 5.74) is 1.78. The fourth-order valence-electron chi connectivity index (χ4n) is 3.86. The van der Waals surface area contributed by atoms with E-state index in [1.165, 1.54) is 0 Å². The summed E-state index contributed by atoms with van der Waals surface area (Å²) in [5.74, 6) is -0.557. The first-order valence-electron chi connectivity index (χ1n) is 8.55. The molecule has 2 rings (SSSR count). The zero-order chi connectivity index (χ0) is 18.2. The Hall–Kier alpha value is -1.68. The van der Waals surface area contributed by atoms with E-state index >= 15 is 0 Å². The Morgan fingerprint density at radius 3 is 2.62 bits per heavy atom. The van der Waals surface area contributed by atoms with Gasteiger partial charge in [0.15, 0.2) is 5.78 Å². The average Bonchev–Trinajstić information content (AvgIpc) is 2.52. The summed E-state index contributed by atoms with van der Waals surface area (Å²) >= 11 is 0. The topological polar surface area (TPSA) is 63.6 Å². The minimum absolute atomic E-state index is 0.00991. The van der Waals surface area contributed by atoms with Gasteiger partial charge in [0, 0.05) is 23.8 Å². The van der Waals surface area contributed by atoms with Crippen molar-refractivity contribution in [1.29, 1.82) is 0 Å². The van der Waals surface area contributed by atoms with E-state index in [1.54, 1.807) is 26.0 Å². The molecule has 5 atom stereocenters. The lowest BCUT2D eigenvalue weighted by Crippen LogP contribution is -2.51. The number of ether oxygens (including phenoxy) is 1. The third kappa shape index (κ3) is 3.12. The maximum Gasteiger partial charge on any atom is 0.333 e. The fraction of sp³-hybridized carbons (Fsp3) is 0.600. The van der Waals surface area contributed by atoms with Crippen LogP contribution in [0.2, 0.25) is 0 Å². The van der Waals surface area contributed by atoms with E-state index in [-0.39, 0.29) is 35.1 Å². The van der Waals surface area contributed by atoms with Crippen LogP contribution in [0.5, 0.6) is 0 Å². The number of esters is 1. The SMILES string of the molecule is C=C(C)[C@@H]1C[C@@]2(C)C(=CC1=O)[C@H](O)C[C@@H](OC(=O)/C(C)=C\C)[C@@H]2C. The average molecular weight is 332 g/mol. The summed E-state index contributed by atoms with van der Waals surface area (Å²) in [6, 6.07) is 0. The van der Waals surface area contributed by atoms with Gasteiger partial charge in [-0.1, -0.05) is 32.1 Å². The highest BCUT2D eigenvalue weighted by atomic mass is 16.5. The quantitative estimate of drug-likeness (QED) is 0.489. The lowest BCUT2D eigenvalue weighted by molar-refractivity contribution is -0.154. The number of aliphatic hydroxyl groups excluding tert-OH is 1. The molecule has 0 amide bonds. The Morgan fingerprint density at radius 2 is 2.08 bits per heavy atom. The molecule has 2 aliphatic carbocycles. The van der Waals surface area contributed by atoms with Crippen molar-refractivity contribution in [3.8, 4) is 0 Å². The molecule has 0 spiro atoms. The minimum Gasteiger partial charge on any atom is -0.459 e. The van der Waals surface area contributed by atoms with E-state index in [2.05, 4.69) is 13.5 Å². The number of fused-ring (bicyclic) bond motifs is 1. The van der Waals surface area contributed by atoms with E-state index in [1.807, 2.05) is 13.8 Å². The zero-order valence-corrected chi connectivity index (χ0v) is 15.3. The maximum absolute atomic E-state index is 12.3. The van der Waals surface area contributed by atoms with Crippen molar-refractivity contribution in [2.24, 2.45) is 17.3 Å². The number of aliphatic hydroxyl groups is 1. The first-order chi connectivity index (χ1) is 11.1. The molecule has 132 valence electrons. The van der Waals surface area contributed by atoms with Crippen molar-refractivity contribution in [3.05, 3.63) is 35.5 Å². The molecule has 2 aliphatic rings. The highest BCUT2D eigenvalue weighted by Crippen LogP contribution is 2.53. The second-order valence-corrected chi connectivity index (χ2v) is 7.48.